The maximum absolute atomic E-state index is 13.4. The van der Waals surface area contributed by atoms with Crippen molar-refractivity contribution in [2.24, 2.45) is 11.3 Å². The summed E-state index contributed by atoms with van der Waals surface area (Å²) >= 11 is 0. The molecule has 3 aliphatic carbocycles. The molecule has 0 unspecified atom stereocenters. The summed E-state index contributed by atoms with van der Waals surface area (Å²) in [5.41, 5.74) is 3.75. The summed E-state index contributed by atoms with van der Waals surface area (Å²) in [4.78, 5) is 25.6. The van der Waals surface area contributed by atoms with Crippen molar-refractivity contribution < 1.29 is 14.3 Å². The average Bonchev–Trinajstić information content (AvgIpc) is 3.07. The van der Waals surface area contributed by atoms with Crippen LogP contribution < -0.4 is 4.74 Å². The molecule has 0 saturated heterocycles. The van der Waals surface area contributed by atoms with E-state index < -0.39 is 5.41 Å². The highest BCUT2D eigenvalue weighted by atomic mass is 16.5. The zero-order chi connectivity index (χ0) is 20.0. The van der Waals surface area contributed by atoms with Crippen molar-refractivity contribution in [3.8, 4) is 5.75 Å². The van der Waals surface area contributed by atoms with Gasteiger partial charge in [-0.2, -0.15) is 0 Å². The Morgan fingerprint density at radius 3 is 2.45 bits per heavy atom. The van der Waals surface area contributed by atoms with Crippen LogP contribution in [0.2, 0.25) is 0 Å². The van der Waals surface area contributed by atoms with Crippen LogP contribution in [0.15, 0.2) is 84.5 Å². The van der Waals surface area contributed by atoms with Crippen LogP contribution in [-0.4, -0.2) is 18.7 Å². The standard InChI is InChI=1S/C26H22O3/c1-29-21-10-7-17(8-11-21)22-12-9-19-15-20(27)13-14-26(19)23(16-24(28)25(22)26)18-5-3-2-4-6-18/h2-8,10-11,13-16,22,25H,9,12H2,1H3/t22-,25-,26+/m1/s1. The molecule has 3 aliphatic rings. The lowest BCUT2D eigenvalue weighted by Crippen LogP contribution is -2.41. The number of carbonyl (C=O) groups is 2. The summed E-state index contributed by atoms with van der Waals surface area (Å²) in [6.07, 6.45) is 8.87. The summed E-state index contributed by atoms with van der Waals surface area (Å²) < 4.78 is 5.30. The van der Waals surface area contributed by atoms with Crippen LogP contribution in [0.1, 0.15) is 29.9 Å². The van der Waals surface area contributed by atoms with Gasteiger partial charge in [-0.1, -0.05) is 54.1 Å². The van der Waals surface area contributed by atoms with E-state index in [1.807, 2.05) is 42.5 Å². The summed E-state index contributed by atoms with van der Waals surface area (Å²) in [6.45, 7) is 0. The number of ketones is 2. The van der Waals surface area contributed by atoms with E-state index in [-0.39, 0.29) is 23.4 Å². The summed E-state index contributed by atoms with van der Waals surface area (Å²) in [5, 5.41) is 0. The third-order valence-corrected chi connectivity index (χ3v) is 6.64. The highest BCUT2D eigenvalue weighted by Gasteiger charge is 2.57. The molecular formula is C26H22O3. The Balaban J connectivity index is 1.66. The number of methoxy groups -OCH3 is 1. The first-order chi connectivity index (χ1) is 14.1. The van der Waals surface area contributed by atoms with Crippen LogP contribution in [0.25, 0.3) is 5.57 Å². The molecule has 2 aromatic rings. The Bertz CT molecular complexity index is 1070. The van der Waals surface area contributed by atoms with Gasteiger partial charge in [0.15, 0.2) is 11.6 Å². The maximum Gasteiger partial charge on any atom is 0.178 e. The van der Waals surface area contributed by atoms with Crippen molar-refractivity contribution in [3.63, 3.8) is 0 Å². The van der Waals surface area contributed by atoms with Crippen molar-refractivity contribution in [2.75, 3.05) is 7.11 Å². The van der Waals surface area contributed by atoms with Gasteiger partial charge in [0.25, 0.3) is 0 Å². The van der Waals surface area contributed by atoms with E-state index in [0.29, 0.717) is 0 Å². The Morgan fingerprint density at radius 2 is 1.72 bits per heavy atom. The van der Waals surface area contributed by atoms with Crippen LogP contribution in [0.3, 0.4) is 0 Å². The van der Waals surface area contributed by atoms with E-state index in [1.165, 1.54) is 0 Å². The van der Waals surface area contributed by atoms with Gasteiger partial charge in [0, 0.05) is 11.3 Å². The SMILES string of the molecule is COc1ccc([C@H]2CCC3=CC(=O)C=C[C@@]34C(c3ccccc3)=CC(=O)[C@@H]24)cc1. The summed E-state index contributed by atoms with van der Waals surface area (Å²) in [6, 6.07) is 18.1. The van der Waals surface area contributed by atoms with Crippen molar-refractivity contribution in [2.45, 2.75) is 18.8 Å². The van der Waals surface area contributed by atoms with Gasteiger partial charge >= 0.3 is 0 Å². The minimum atomic E-state index is -0.533. The molecule has 0 amide bonds. The van der Waals surface area contributed by atoms with E-state index in [2.05, 4.69) is 24.3 Å². The molecule has 1 saturated carbocycles. The Labute approximate surface area is 170 Å². The van der Waals surface area contributed by atoms with Crippen LogP contribution in [-0.2, 0) is 9.59 Å². The van der Waals surface area contributed by atoms with Crippen molar-refractivity contribution >= 4 is 17.1 Å². The fraction of sp³-hybridized carbons (Fsp3) is 0.231. The fourth-order valence-corrected chi connectivity index (χ4v) is 5.39. The van der Waals surface area contributed by atoms with Crippen LogP contribution in [0, 0.1) is 11.3 Å². The smallest absolute Gasteiger partial charge is 0.178 e. The van der Waals surface area contributed by atoms with Crippen LogP contribution >= 0.6 is 0 Å². The van der Waals surface area contributed by atoms with Crippen LogP contribution in [0.4, 0.5) is 0 Å². The van der Waals surface area contributed by atoms with Gasteiger partial charge in [0.2, 0.25) is 0 Å². The minimum absolute atomic E-state index is 0.0130. The number of rotatable bonds is 3. The van der Waals surface area contributed by atoms with Gasteiger partial charge in [-0.25, -0.2) is 0 Å². The quantitative estimate of drug-likeness (QED) is 0.758. The summed E-state index contributed by atoms with van der Waals surface area (Å²) in [5.74, 6) is 0.841. The molecule has 2 aromatic carbocycles. The molecule has 1 spiro atoms. The van der Waals surface area contributed by atoms with Gasteiger partial charge in [-0.05, 0) is 65.8 Å². The number of carbonyl (C=O) groups excluding carboxylic acids is 2. The van der Waals surface area contributed by atoms with E-state index in [0.717, 1.165) is 40.9 Å². The topological polar surface area (TPSA) is 43.4 Å². The van der Waals surface area contributed by atoms with Crippen LogP contribution in [0.5, 0.6) is 5.75 Å². The van der Waals surface area contributed by atoms with E-state index >= 15 is 0 Å². The molecule has 5 rings (SSSR count). The average molecular weight is 382 g/mol. The van der Waals surface area contributed by atoms with Crippen molar-refractivity contribution in [1.82, 2.24) is 0 Å². The van der Waals surface area contributed by atoms with Gasteiger partial charge in [-0.3, -0.25) is 9.59 Å². The third kappa shape index (κ3) is 2.65. The number of hydrogen-bond donors (Lipinski definition) is 0. The molecule has 1 fully saturated rings. The first kappa shape index (κ1) is 17.9. The fourth-order valence-electron chi connectivity index (χ4n) is 5.39. The van der Waals surface area contributed by atoms with Gasteiger partial charge in [0.05, 0.1) is 7.11 Å². The molecule has 3 nitrogen and oxygen atoms in total. The van der Waals surface area contributed by atoms with Gasteiger partial charge in [-0.15, -0.1) is 0 Å². The molecule has 0 aromatic heterocycles. The first-order valence-electron chi connectivity index (χ1n) is 10.0. The molecule has 0 bridgehead atoms. The first-order valence-corrected chi connectivity index (χ1v) is 10.0. The lowest BCUT2D eigenvalue weighted by atomic mass is 9.55. The molecule has 144 valence electrons. The Hall–Kier alpha value is -3.20. The molecule has 3 atom stereocenters. The second-order valence-corrected chi connectivity index (χ2v) is 8.00. The normalized spacial score (nSPS) is 27.8. The zero-order valence-corrected chi connectivity index (χ0v) is 16.3. The molecule has 0 heterocycles. The number of ether oxygens (including phenoxy) is 1. The van der Waals surface area contributed by atoms with E-state index in [9.17, 15) is 9.59 Å². The highest BCUT2D eigenvalue weighted by Crippen LogP contribution is 2.63. The number of hydrogen-bond acceptors (Lipinski definition) is 3. The van der Waals surface area contributed by atoms with Gasteiger partial charge < -0.3 is 4.74 Å². The summed E-state index contributed by atoms with van der Waals surface area (Å²) in [7, 11) is 1.65. The second-order valence-electron chi connectivity index (χ2n) is 8.00. The number of benzene rings is 2. The van der Waals surface area contributed by atoms with Gasteiger partial charge in [0.1, 0.15) is 5.75 Å². The molecule has 3 heteroatoms. The Kier molecular flexibility index (Phi) is 4.13. The zero-order valence-electron chi connectivity index (χ0n) is 16.3. The minimum Gasteiger partial charge on any atom is -0.497 e. The lowest BCUT2D eigenvalue weighted by molar-refractivity contribution is -0.120. The third-order valence-electron chi connectivity index (χ3n) is 6.64. The molecular weight excluding hydrogens is 360 g/mol. The second kappa shape index (κ2) is 6.70. The highest BCUT2D eigenvalue weighted by molar-refractivity contribution is 6.11. The van der Waals surface area contributed by atoms with Crippen molar-refractivity contribution in [3.05, 3.63) is 95.6 Å². The lowest BCUT2D eigenvalue weighted by Gasteiger charge is -2.46. The number of allylic oxidation sites excluding steroid dienone is 6. The maximum atomic E-state index is 13.4. The molecule has 0 radical (unpaired) electrons. The van der Waals surface area contributed by atoms with E-state index in [4.69, 9.17) is 4.74 Å². The Morgan fingerprint density at radius 1 is 0.966 bits per heavy atom. The predicted molar refractivity (Wildman–Crippen MR) is 113 cm³/mol. The monoisotopic (exact) mass is 382 g/mol. The predicted octanol–water partition coefficient (Wildman–Crippen LogP) is 4.91. The largest absolute Gasteiger partial charge is 0.497 e. The van der Waals surface area contributed by atoms with Crippen molar-refractivity contribution in [1.29, 1.82) is 0 Å². The molecule has 0 N–H and O–H groups in total. The molecule has 29 heavy (non-hydrogen) atoms. The molecule has 0 aliphatic heterocycles. The van der Waals surface area contributed by atoms with E-state index in [1.54, 1.807) is 19.3 Å².